The van der Waals surface area contributed by atoms with Gasteiger partial charge in [0.2, 0.25) is 0 Å². The van der Waals surface area contributed by atoms with Gasteiger partial charge in [-0.3, -0.25) is 4.79 Å². The molecule has 0 saturated heterocycles. The van der Waals surface area contributed by atoms with Crippen molar-refractivity contribution in [2.24, 2.45) is 5.10 Å². The second-order valence-electron chi connectivity index (χ2n) is 7.49. The van der Waals surface area contributed by atoms with E-state index in [0.717, 1.165) is 41.1 Å². The second-order valence-corrected chi connectivity index (χ2v) is 7.92. The molecule has 0 bridgehead atoms. The Morgan fingerprint density at radius 3 is 2.89 bits per heavy atom. The molecule has 2 aromatic rings. The van der Waals surface area contributed by atoms with Crippen LogP contribution in [0.15, 0.2) is 41.5 Å². The normalized spacial score (nSPS) is 20.9. The van der Waals surface area contributed by atoms with Crippen LogP contribution in [0.25, 0.3) is 11.1 Å². The average Bonchev–Trinajstić information content (AvgIpc) is 2.66. The van der Waals surface area contributed by atoms with Crippen molar-refractivity contribution in [3.8, 4) is 16.9 Å². The number of hydrazone groups is 1. The van der Waals surface area contributed by atoms with Crippen molar-refractivity contribution in [2.75, 3.05) is 16.8 Å². The number of rotatable bonds is 3. The van der Waals surface area contributed by atoms with Gasteiger partial charge in [-0.15, -0.1) is 0 Å². The van der Waals surface area contributed by atoms with Crippen LogP contribution >= 0.6 is 11.6 Å². The Hall–Kier alpha value is -2.73. The molecule has 1 amide bonds. The summed E-state index contributed by atoms with van der Waals surface area (Å²) in [5.41, 5.74) is 6.53. The second kappa shape index (κ2) is 6.71. The van der Waals surface area contributed by atoms with Crippen molar-refractivity contribution >= 4 is 34.7 Å². The number of amides is 1. The van der Waals surface area contributed by atoms with Gasteiger partial charge in [0.15, 0.2) is 5.84 Å². The first-order valence-corrected chi connectivity index (χ1v) is 9.97. The summed E-state index contributed by atoms with van der Waals surface area (Å²) in [4.78, 5) is 14.1. The largest absolute Gasteiger partial charge is 0.483 e. The number of halogens is 1. The van der Waals surface area contributed by atoms with E-state index in [1.165, 1.54) is 6.42 Å². The highest BCUT2D eigenvalue weighted by Crippen LogP contribution is 2.43. The molecule has 0 radical (unpaired) electrons. The molecule has 1 aliphatic carbocycles. The van der Waals surface area contributed by atoms with Crippen LogP contribution < -0.4 is 20.4 Å². The lowest BCUT2D eigenvalue weighted by Gasteiger charge is -2.39. The maximum atomic E-state index is 12.2. The highest BCUT2D eigenvalue weighted by Gasteiger charge is 2.36. The van der Waals surface area contributed by atoms with E-state index >= 15 is 0 Å². The Morgan fingerprint density at radius 1 is 1.29 bits per heavy atom. The van der Waals surface area contributed by atoms with Crippen LogP contribution in [0.2, 0.25) is 5.02 Å². The van der Waals surface area contributed by atoms with Crippen molar-refractivity contribution in [2.45, 2.75) is 38.3 Å². The molecule has 1 unspecified atom stereocenters. The summed E-state index contributed by atoms with van der Waals surface area (Å²) in [5.74, 6) is 1.34. The maximum Gasteiger partial charge on any atom is 0.262 e. The van der Waals surface area contributed by atoms with Gasteiger partial charge in [0, 0.05) is 22.3 Å². The SMILES string of the molecule is CC1C(=O)NN=C2COc3cc(-c4cccc(Cl)c4)c(NC4CCC4)cc3N21. The van der Waals surface area contributed by atoms with Gasteiger partial charge in [0.05, 0.1) is 5.69 Å². The first-order chi connectivity index (χ1) is 13.6. The molecule has 0 aromatic heterocycles. The van der Waals surface area contributed by atoms with Gasteiger partial charge in [0.25, 0.3) is 5.91 Å². The van der Waals surface area contributed by atoms with E-state index in [4.69, 9.17) is 16.3 Å². The minimum atomic E-state index is -0.344. The van der Waals surface area contributed by atoms with Crippen LogP contribution in [0, 0.1) is 0 Å². The van der Waals surface area contributed by atoms with Gasteiger partial charge < -0.3 is 15.0 Å². The number of fused-ring (bicyclic) bond motifs is 3. The highest BCUT2D eigenvalue weighted by atomic mass is 35.5. The molecule has 2 aliphatic heterocycles. The lowest BCUT2D eigenvalue weighted by molar-refractivity contribution is -0.122. The van der Waals surface area contributed by atoms with Crippen molar-refractivity contribution in [3.63, 3.8) is 0 Å². The van der Waals surface area contributed by atoms with Crippen LogP contribution in [0.4, 0.5) is 11.4 Å². The maximum absolute atomic E-state index is 12.2. The van der Waals surface area contributed by atoms with E-state index in [2.05, 4.69) is 21.9 Å². The molecular weight excluding hydrogens is 376 g/mol. The predicted octanol–water partition coefficient (Wildman–Crippen LogP) is 4.00. The fourth-order valence-electron chi connectivity index (χ4n) is 3.86. The molecule has 1 atom stereocenters. The zero-order valence-corrected chi connectivity index (χ0v) is 16.3. The summed E-state index contributed by atoms with van der Waals surface area (Å²) in [5, 5.41) is 8.54. The molecule has 1 saturated carbocycles. The number of hydrogen-bond acceptors (Lipinski definition) is 5. The smallest absolute Gasteiger partial charge is 0.262 e. The lowest BCUT2D eigenvalue weighted by atomic mass is 9.92. The van der Waals surface area contributed by atoms with Crippen molar-refractivity contribution in [3.05, 3.63) is 41.4 Å². The van der Waals surface area contributed by atoms with Gasteiger partial charge >= 0.3 is 0 Å². The summed E-state index contributed by atoms with van der Waals surface area (Å²) in [7, 11) is 0. The zero-order valence-electron chi connectivity index (χ0n) is 15.5. The summed E-state index contributed by atoms with van der Waals surface area (Å²) >= 11 is 6.24. The number of hydrogen-bond donors (Lipinski definition) is 2. The van der Waals surface area contributed by atoms with Gasteiger partial charge in [-0.05, 0) is 56.0 Å². The summed E-state index contributed by atoms with van der Waals surface area (Å²) < 4.78 is 5.98. The number of nitrogens with zero attached hydrogens (tertiary/aromatic N) is 2. The first-order valence-electron chi connectivity index (χ1n) is 9.59. The van der Waals surface area contributed by atoms with Crippen molar-refractivity contribution in [1.82, 2.24) is 5.43 Å². The Kier molecular flexibility index (Phi) is 4.16. The topological polar surface area (TPSA) is 66.0 Å². The molecule has 7 heteroatoms. The molecule has 2 N–H and O–H groups in total. The van der Waals surface area contributed by atoms with E-state index in [0.29, 0.717) is 23.5 Å². The highest BCUT2D eigenvalue weighted by molar-refractivity contribution is 6.30. The molecular formula is C21H21ClN4O2. The van der Waals surface area contributed by atoms with E-state index in [1.54, 1.807) is 0 Å². The van der Waals surface area contributed by atoms with Gasteiger partial charge in [-0.2, -0.15) is 5.10 Å². The Balaban J connectivity index is 1.64. The Bertz CT molecular complexity index is 986. The van der Waals surface area contributed by atoms with E-state index in [-0.39, 0.29) is 11.9 Å². The van der Waals surface area contributed by atoms with Crippen LogP contribution in [0.1, 0.15) is 26.2 Å². The quantitative estimate of drug-likeness (QED) is 0.822. The lowest BCUT2D eigenvalue weighted by Crippen LogP contribution is -2.55. The average molecular weight is 397 g/mol. The fraction of sp³-hybridized carbons (Fsp3) is 0.333. The number of amidine groups is 1. The molecule has 2 aromatic carbocycles. The minimum absolute atomic E-state index is 0.121. The summed E-state index contributed by atoms with van der Waals surface area (Å²) in [6, 6.07) is 12.1. The number of benzene rings is 2. The number of carbonyl (C=O) groups is 1. The number of anilines is 2. The van der Waals surface area contributed by atoms with E-state index in [9.17, 15) is 4.79 Å². The molecule has 2 heterocycles. The third kappa shape index (κ3) is 2.88. The zero-order chi connectivity index (χ0) is 19.3. The number of ether oxygens (including phenoxy) is 1. The first kappa shape index (κ1) is 17.4. The summed E-state index contributed by atoms with van der Waals surface area (Å²) in [6.07, 6.45) is 3.58. The molecule has 3 aliphatic rings. The van der Waals surface area contributed by atoms with Crippen LogP contribution in [-0.2, 0) is 4.79 Å². The molecule has 28 heavy (non-hydrogen) atoms. The van der Waals surface area contributed by atoms with Crippen molar-refractivity contribution < 1.29 is 9.53 Å². The third-order valence-electron chi connectivity index (χ3n) is 5.66. The number of carbonyl (C=O) groups excluding carboxylic acids is 1. The number of nitrogens with one attached hydrogen (secondary N) is 2. The predicted molar refractivity (Wildman–Crippen MR) is 111 cm³/mol. The molecule has 144 valence electrons. The van der Waals surface area contributed by atoms with Crippen LogP contribution in [0.5, 0.6) is 5.75 Å². The summed E-state index contributed by atoms with van der Waals surface area (Å²) in [6.45, 7) is 2.20. The van der Waals surface area contributed by atoms with Crippen molar-refractivity contribution in [1.29, 1.82) is 0 Å². The standard InChI is InChI=1S/C21H21ClN4O2/c1-12-21(27)25-24-20-11-28-19-9-16(13-4-2-5-14(22)8-13)17(10-18(19)26(12)20)23-15-6-3-7-15/h2,4-5,8-10,12,15,23H,3,6-7,11H2,1H3,(H,25,27). The minimum Gasteiger partial charge on any atom is -0.483 e. The van der Waals surface area contributed by atoms with Gasteiger partial charge in [-0.25, -0.2) is 5.43 Å². The Labute approximate surface area is 168 Å². The van der Waals surface area contributed by atoms with Gasteiger partial charge in [-0.1, -0.05) is 23.7 Å². The van der Waals surface area contributed by atoms with E-state index < -0.39 is 0 Å². The molecule has 6 nitrogen and oxygen atoms in total. The van der Waals surface area contributed by atoms with Gasteiger partial charge in [0.1, 0.15) is 18.4 Å². The monoisotopic (exact) mass is 396 g/mol. The van der Waals surface area contributed by atoms with Crippen LogP contribution in [0.3, 0.4) is 0 Å². The molecule has 1 fully saturated rings. The Morgan fingerprint density at radius 2 is 2.14 bits per heavy atom. The fourth-order valence-corrected chi connectivity index (χ4v) is 4.05. The molecule has 0 spiro atoms. The van der Waals surface area contributed by atoms with E-state index in [1.807, 2.05) is 42.2 Å². The third-order valence-corrected chi connectivity index (χ3v) is 5.89. The van der Waals surface area contributed by atoms with Crippen LogP contribution in [-0.4, -0.2) is 30.4 Å². The molecule has 5 rings (SSSR count).